The molecule has 2 nitrogen and oxygen atoms in total. The number of hydrogen-bond donors (Lipinski definition) is 1. The summed E-state index contributed by atoms with van der Waals surface area (Å²) in [6.07, 6.45) is 3.72. The van der Waals surface area contributed by atoms with Gasteiger partial charge in [-0.15, -0.1) is 6.58 Å². The highest BCUT2D eigenvalue weighted by Crippen LogP contribution is 1.89. The van der Waals surface area contributed by atoms with Crippen LogP contribution < -0.4 is 5.43 Å². The van der Waals surface area contributed by atoms with Crippen LogP contribution in [0.3, 0.4) is 0 Å². The van der Waals surface area contributed by atoms with Crippen LogP contribution >= 0.6 is 0 Å². The average molecular weight is 154 g/mol. The lowest BCUT2D eigenvalue weighted by atomic mass is 10.2. The fourth-order valence-corrected chi connectivity index (χ4v) is 0.466. The lowest BCUT2D eigenvalue weighted by molar-refractivity contribution is 0.570. The van der Waals surface area contributed by atoms with E-state index in [1.54, 1.807) is 0 Å². The summed E-state index contributed by atoms with van der Waals surface area (Å²) in [6, 6.07) is 0. The first-order valence-corrected chi connectivity index (χ1v) is 4.05. The second-order valence-electron chi connectivity index (χ2n) is 3.13. The van der Waals surface area contributed by atoms with Gasteiger partial charge in [0.2, 0.25) is 0 Å². The maximum atomic E-state index is 4.04. The second kappa shape index (κ2) is 5.96. The normalized spacial score (nSPS) is 13.8. The van der Waals surface area contributed by atoms with Gasteiger partial charge in [0.15, 0.2) is 0 Å². The van der Waals surface area contributed by atoms with E-state index in [0.717, 1.165) is 6.54 Å². The van der Waals surface area contributed by atoms with Gasteiger partial charge in [0, 0.05) is 18.7 Å². The van der Waals surface area contributed by atoms with E-state index in [1.807, 2.05) is 19.2 Å². The van der Waals surface area contributed by atoms with E-state index in [1.165, 1.54) is 0 Å². The molecule has 0 rings (SSSR count). The number of hydrazone groups is 1. The van der Waals surface area contributed by atoms with Crippen LogP contribution in [0.15, 0.2) is 17.8 Å². The summed E-state index contributed by atoms with van der Waals surface area (Å²) in [7, 11) is 0. The predicted octanol–water partition coefficient (Wildman–Crippen LogP) is 2.04. The van der Waals surface area contributed by atoms with E-state index in [9.17, 15) is 0 Å². The van der Waals surface area contributed by atoms with Crippen LogP contribution in [0.5, 0.6) is 0 Å². The van der Waals surface area contributed by atoms with Crippen molar-refractivity contribution in [3.05, 3.63) is 12.7 Å². The van der Waals surface area contributed by atoms with Crippen LogP contribution in [0, 0.1) is 11.8 Å². The van der Waals surface area contributed by atoms with Gasteiger partial charge in [0.1, 0.15) is 0 Å². The zero-order valence-corrected chi connectivity index (χ0v) is 7.67. The summed E-state index contributed by atoms with van der Waals surface area (Å²) in [6.45, 7) is 10.9. The van der Waals surface area contributed by atoms with Crippen molar-refractivity contribution in [2.45, 2.75) is 20.8 Å². The highest BCUT2D eigenvalue weighted by Gasteiger charge is 1.89. The third-order valence-corrected chi connectivity index (χ3v) is 1.27. The number of nitrogens with zero attached hydrogens (tertiary/aromatic N) is 1. The molecule has 0 unspecified atom stereocenters. The van der Waals surface area contributed by atoms with Gasteiger partial charge < -0.3 is 5.43 Å². The van der Waals surface area contributed by atoms with Gasteiger partial charge in [0.05, 0.1) is 0 Å². The molecule has 0 saturated carbocycles. The highest BCUT2D eigenvalue weighted by molar-refractivity contribution is 5.61. The maximum absolute atomic E-state index is 4.04. The molecule has 64 valence electrons. The van der Waals surface area contributed by atoms with Crippen LogP contribution in [0.2, 0.25) is 0 Å². The molecular formula is C9H18N2. The summed E-state index contributed by atoms with van der Waals surface area (Å²) >= 11 is 0. The third kappa shape index (κ3) is 7.10. The Hall–Kier alpha value is -0.790. The Kier molecular flexibility index (Phi) is 5.53. The summed E-state index contributed by atoms with van der Waals surface area (Å²) in [4.78, 5) is 0. The molecule has 0 amide bonds. The second-order valence-corrected chi connectivity index (χ2v) is 3.13. The van der Waals surface area contributed by atoms with E-state index >= 15 is 0 Å². The molecule has 0 aliphatic carbocycles. The molecule has 0 fully saturated rings. The number of rotatable bonds is 5. The largest absolute Gasteiger partial charge is 0.310 e. The Balaban J connectivity index is 3.36. The van der Waals surface area contributed by atoms with Crippen molar-refractivity contribution in [3.63, 3.8) is 0 Å². The third-order valence-electron chi connectivity index (χ3n) is 1.27. The predicted molar refractivity (Wildman–Crippen MR) is 50.7 cm³/mol. The van der Waals surface area contributed by atoms with Crippen LogP contribution in [0.4, 0.5) is 0 Å². The Labute approximate surface area is 69.4 Å². The first kappa shape index (κ1) is 10.2. The first-order valence-electron chi connectivity index (χ1n) is 4.05. The molecule has 0 heterocycles. The van der Waals surface area contributed by atoms with Gasteiger partial charge in [-0.1, -0.05) is 26.8 Å². The minimum atomic E-state index is 0.356. The van der Waals surface area contributed by atoms with Crippen molar-refractivity contribution in [2.24, 2.45) is 16.9 Å². The van der Waals surface area contributed by atoms with Gasteiger partial charge in [0.25, 0.3) is 0 Å². The fraction of sp³-hybridized carbons (Fsp3) is 0.667. The monoisotopic (exact) mass is 154 g/mol. The van der Waals surface area contributed by atoms with Crippen molar-refractivity contribution in [1.82, 2.24) is 5.43 Å². The van der Waals surface area contributed by atoms with Gasteiger partial charge in [-0.05, 0) is 5.92 Å². The smallest absolute Gasteiger partial charge is 0.0352 e. The molecule has 0 bridgehead atoms. The van der Waals surface area contributed by atoms with E-state index in [2.05, 4.69) is 31.0 Å². The van der Waals surface area contributed by atoms with Crippen LogP contribution in [0.1, 0.15) is 20.8 Å². The maximum Gasteiger partial charge on any atom is 0.0352 e. The molecule has 0 radical (unpaired) electrons. The van der Waals surface area contributed by atoms with Crippen molar-refractivity contribution < 1.29 is 0 Å². The SMILES string of the molecule is C=C[C@H](C)/C=N\NCC(C)C. The quantitative estimate of drug-likeness (QED) is 0.366. The summed E-state index contributed by atoms with van der Waals surface area (Å²) in [5.74, 6) is 1.00. The molecule has 0 saturated heterocycles. The molecule has 0 aromatic rings. The van der Waals surface area contributed by atoms with Crippen molar-refractivity contribution in [2.75, 3.05) is 6.54 Å². The Morgan fingerprint density at radius 1 is 1.45 bits per heavy atom. The topological polar surface area (TPSA) is 24.4 Å². The van der Waals surface area contributed by atoms with Crippen LogP contribution in [0.25, 0.3) is 0 Å². The fourth-order valence-electron chi connectivity index (χ4n) is 0.466. The Morgan fingerprint density at radius 3 is 2.55 bits per heavy atom. The lowest BCUT2D eigenvalue weighted by Gasteiger charge is -2.02. The van der Waals surface area contributed by atoms with E-state index in [4.69, 9.17) is 0 Å². The molecular weight excluding hydrogens is 136 g/mol. The van der Waals surface area contributed by atoms with E-state index < -0.39 is 0 Å². The van der Waals surface area contributed by atoms with Crippen molar-refractivity contribution >= 4 is 6.21 Å². The summed E-state index contributed by atoms with van der Waals surface area (Å²) < 4.78 is 0. The standard InChI is InChI=1S/C9H18N2/c1-5-9(4)7-11-10-6-8(2)3/h5,7-10H,1,6H2,2-4H3/b11-7-/t9-/m0/s1. The van der Waals surface area contributed by atoms with Gasteiger partial charge in [-0.25, -0.2) is 0 Å². The average Bonchev–Trinajstić information content (AvgIpc) is 1.97. The number of nitrogens with one attached hydrogen (secondary N) is 1. The molecule has 0 aliphatic rings. The summed E-state index contributed by atoms with van der Waals surface area (Å²) in [5.41, 5.74) is 2.97. The Bertz CT molecular complexity index is 128. The molecule has 0 aromatic carbocycles. The van der Waals surface area contributed by atoms with E-state index in [0.29, 0.717) is 11.8 Å². The van der Waals surface area contributed by atoms with Crippen LogP contribution in [-0.2, 0) is 0 Å². The van der Waals surface area contributed by atoms with Gasteiger partial charge in [-0.2, -0.15) is 5.10 Å². The van der Waals surface area contributed by atoms with Gasteiger partial charge in [-0.3, -0.25) is 0 Å². The van der Waals surface area contributed by atoms with Gasteiger partial charge >= 0.3 is 0 Å². The molecule has 2 heteroatoms. The molecule has 0 aliphatic heterocycles. The molecule has 11 heavy (non-hydrogen) atoms. The molecule has 0 aromatic heterocycles. The lowest BCUT2D eigenvalue weighted by Crippen LogP contribution is -2.13. The number of allylic oxidation sites excluding steroid dienone is 1. The highest BCUT2D eigenvalue weighted by atomic mass is 15.3. The van der Waals surface area contributed by atoms with E-state index in [-0.39, 0.29) is 0 Å². The zero-order chi connectivity index (χ0) is 8.69. The Morgan fingerprint density at radius 2 is 2.09 bits per heavy atom. The minimum Gasteiger partial charge on any atom is -0.310 e. The molecule has 1 N–H and O–H groups in total. The van der Waals surface area contributed by atoms with Crippen molar-refractivity contribution in [1.29, 1.82) is 0 Å². The summed E-state index contributed by atoms with van der Waals surface area (Å²) in [5, 5.41) is 4.04. The zero-order valence-electron chi connectivity index (χ0n) is 7.67. The minimum absolute atomic E-state index is 0.356. The number of hydrogen-bond acceptors (Lipinski definition) is 2. The van der Waals surface area contributed by atoms with Crippen molar-refractivity contribution in [3.8, 4) is 0 Å². The molecule has 0 spiro atoms. The molecule has 1 atom stereocenters. The first-order chi connectivity index (χ1) is 5.16. The van der Waals surface area contributed by atoms with Crippen LogP contribution in [-0.4, -0.2) is 12.8 Å².